The number of nitrogens with two attached hydrogens (primary N) is 1. The molecule has 3 aromatic rings. The van der Waals surface area contributed by atoms with Crippen LogP contribution in [0.3, 0.4) is 0 Å². The molecule has 2 aromatic heterocycles. The van der Waals surface area contributed by atoms with Crippen molar-refractivity contribution in [2.45, 2.75) is 31.1 Å². The second-order valence-corrected chi connectivity index (χ2v) is 6.63. The summed E-state index contributed by atoms with van der Waals surface area (Å²) < 4.78 is 5.29. The number of hydrogen-bond donors (Lipinski definition) is 3. The van der Waals surface area contributed by atoms with Gasteiger partial charge in [-0.3, -0.25) is 5.10 Å². The fourth-order valence-electron chi connectivity index (χ4n) is 3.80. The summed E-state index contributed by atoms with van der Waals surface area (Å²) in [6, 6.07) is 8.42. The topological polar surface area (TPSA) is 102 Å². The average molecular weight is 338 g/mol. The summed E-state index contributed by atoms with van der Waals surface area (Å²) in [6.07, 6.45) is 6.51. The number of aromatic amines is 1. The molecular formula is C18H22N6O. The van der Waals surface area contributed by atoms with E-state index in [-0.39, 0.29) is 11.4 Å². The highest BCUT2D eigenvalue weighted by Gasteiger charge is 2.35. The standard InChI is InChI=1S/C18H22N6O/c1-25-13-6-4-12(5-7-13)18(8-2-3-9-18)11-20-15-14-10-21-24-16(14)23-17(19)22-15/h4-7,10H,2-3,8-9,11H2,1H3,(H4,19,20,21,22,23,24). The van der Waals surface area contributed by atoms with Crippen LogP contribution in [0.25, 0.3) is 11.0 Å². The monoisotopic (exact) mass is 338 g/mol. The minimum Gasteiger partial charge on any atom is -0.497 e. The van der Waals surface area contributed by atoms with Gasteiger partial charge in [-0.1, -0.05) is 25.0 Å². The number of methoxy groups -OCH3 is 1. The third kappa shape index (κ3) is 2.86. The Bertz CT molecular complexity index is 867. The van der Waals surface area contributed by atoms with Crippen molar-refractivity contribution in [3.8, 4) is 5.75 Å². The summed E-state index contributed by atoms with van der Waals surface area (Å²) in [5.41, 5.74) is 7.91. The normalized spacial score (nSPS) is 16.2. The fraction of sp³-hybridized carbons (Fsp3) is 0.389. The van der Waals surface area contributed by atoms with Gasteiger partial charge in [0, 0.05) is 12.0 Å². The van der Waals surface area contributed by atoms with Crippen LogP contribution in [-0.4, -0.2) is 33.8 Å². The van der Waals surface area contributed by atoms with Gasteiger partial charge < -0.3 is 15.8 Å². The van der Waals surface area contributed by atoms with Crippen molar-refractivity contribution < 1.29 is 4.74 Å². The highest BCUT2D eigenvalue weighted by molar-refractivity contribution is 5.86. The van der Waals surface area contributed by atoms with Crippen LogP contribution in [0.4, 0.5) is 11.8 Å². The first-order valence-electron chi connectivity index (χ1n) is 8.55. The molecule has 7 heteroatoms. The number of benzene rings is 1. The number of rotatable bonds is 5. The maximum absolute atomic E-state index is 5.82. The third-order valence-electron chi connectivity index (χ3n) is 5.18. The number of nitrogens with one attached hydrogen (secondary N) is 2. The molecule has 4 rings (SSSR count). The summed E-state index contributed by atoms with van der Waals surface area (Å²) in [6.45, 7) is 0.802. The first-order chi connectivity index (χ1) is 12.2. The van der Waals surface area contributed by atoms with Crippen LogP contribution < -0.4 is 15.8 Å². The smallest absolute Gasteiger partial charge is 0.224 e. The van der Waals surface area contributed by atoms with E-state index < -0.39 is 0 Å². The molecule has 0 amide bonds. The van der Waals surface area contributed by atoms with Gasteiger partial charge >= 0.3 is 0 Å². The lowest BCUT2D eigenvalue weighted by molar-refractivity contribution is 0.413. The van der Waals surface area contributed by atoms with Crippen LogP contribution in [0.15, 0.2) is 30.5 Å². The number of nitrogens with zero attached hydrogens (tertiary/aromatic N) is 3. The SMILES string of the molecule is COc1ccc(C2(CNc3nc(N)nc4[nH]ncc34)CCCC2)cc1. The number of fused-ring (bicyclic) bond motifs is 1. The van der Waals surface area contributed by atoms with E-state index in [1.54, 1.807) is 13.3 Å². The van der Waals surface area contributed by atoms with Crippen molar-refractivity contribution in [3.05, 3.63) is 36.0 Å². The van der Waals surface area contributed by atoms with Crippen LogP contribution in [0.2, 0.25) is 0 Å². The predicted octanol–water partition coefficient (Wildman–Crippen LogP) is 2.87. The van der Waals surface area contributed by atoms with Gasteiger partial charge in [0.2, 0.25) is 5.95 Å². The zero-order valence-corrected chi connectivity index (χ0v) is 14.2. The Morgan fingerprint density at radius 3 is 2.68 bits per heavy atom. The molecule has 0 spiro atoms. The summed E-state index contributed by atoms with van der Waals surface area (Å²) in [5.74, 6) is 1.86. The van der Waals surface area contributed by atoms with E-state index >= 15 is 0 Å². The van der Waals surface area contributed by atoms with Gasteiger partial charge in [0.15, 0.2) is 5.65 Å². The summed E-state index contributed by atoms with van der Waals surface area (Å²) in [5, 5.41) is 11.2. The maximum Gasteiger partial charge on any atom is 0.224 e. The Hall–Kier alpha value is -2.83. The van der Waals surface area contributed by atoms with Gasteiger partial charge in [0.1, 0.15) is 11.6 Å². The number of nitrogen functional groups attached to an aromatic ring is 1. The van der Waals surface area contributed by atoms with Crippen molar-refractivity contribution in [3.63, 3.8) is 0 Å². The van der Waals surface area contributed by atoms with Crippen LogP contribution in [0, 0.1) is 0 Å². The number of aromatic nitrogens is 4. The van der Waals surface area contributed by atoms with Gasteiger partial charge in [-0.05, 0) is 30.5 Å². The molecule has 4 N–H and O–H groups in total. The maximum atomic E-state index is 5.82. The number of ether oxygens (including phenoxy) is 1. The summed E-state index contributed by atoms with van der Waals surface area (Å²) >= 11 is 0. The lowest BCUT2D eigenvalue weighted by atomic mass is 9.78. The lowest BCUT2D eigenvalue weighted by Crippen LogP contribution is -2.31. The zero-order valence-electron chi connectivity index (χ0n) is 14.2. The molecule has 25 heavy (non-hydrogen) atoms. The second kappa shape index (κ2) is 6.23. The molecule has 2 heterocycles. The molecule has 1 aromatic carbocycles. The van der Waals surface area contributed by atoms with Gasteiger partial charge in [-0.15, -0.1) is 0 Å². The first-order valence-corrected chi connectivity index (χ1v) is 8.55. The molecule has 7 nitrogen and oxygen atoms in total. The first kappa shape index (κ1) is 15.7. The van der Waals surface area contributed by atoms with Gasteiger partial charge in [0.05, 0.1) is 18.7 Å². The highest BCUT2D eigenvalue weighted by atomic mass is 16.5. The van der Waals surface area contributed by atoms with Crippen molar-refractivity contribution in [1.29, 1.82) is 0 Å². The van der Waals surface area contributed by atoms with Crippen LogP contribution in [-0.2, 0) is 5.41 Å². The molecule has 130 valence electrons. The van der Waals surface area contributed by atoms with Crippen LogP contribution in [0.1, 0.15) is 31.2 Å². The van der Waals surface area contributed by atoms with Crippen LogP contribution >= 0.6 is 0 Å². The minimum absolute atomic E-state index is 0.0992. The van der Waals surface area contributed by atoms with Crippen molar-refractivity contribution in [1.82, 2.24) is 20.2 Å². The van der Waals surface area contributed by atoms with Gasteiger partial charge in [-0.2, -0.15) is 15.1 Å². The van der Waals surface area contributed by atoms with E-state index in [1.165, 1.54) is 18.4 Å². The second-order valence-electron chi connectivity index (χ2n) is 6.63. The number of hydrogen-bond acceptors (Lipinski definition) is 6. The Morgan fingerprint density at radius 1 is 1.20 bits per heavy atom. The van der Waals surface area contributed by atoms with E-state index in [2.05, 4.69) is 37.6 Å². The Morgan fingerprint density at radius 2 is 1.96 bits per heavy atom. The van der Waals surface area contributed by atoms with Gasteiger partial charge in [-0.25, -0.2) is 0 Å². The quantitative estimate of drug-likeness (QED) is 0.661. The van der Waals surface area contributed by atoms with E-state index in [0.29, 0.717) is 5.65 Å². The predicted molar refractivity (Wildman–Crippen MR) is 97.7 cm³/mol. The molecule has 1 fully saturated rings. The highest BCUT2D eigenvalue weighted by Crippen LogP contribution is 2.41. The largest absolute Gasteiger partial charge is 0.497 e. The Labute approximate surface area is 146 Å². The summed E-state index contributed by atoms with van der Waals surface area (Å²) in [4.78, 5) is 8.53. The molecule has 0 atom stereocenters. The van der Waals surface area contributed by atoms with Crippen LogP contribution in [0.5, 0.6) is 5.75 Å². The Balaban J connectivity index is 1.62. The zero-order chi connectivity index (χ0) is 17.3. The fourth-order valence-corrected chi connectivity index (χ4v) is 3.80. The van der Waals surface area contributed by atoms with Crippen molar-refractivity contribution in [2.24, 2.45) is 0 Å². The van der Waals surface area contributed by atoms with E-state index in [0.717, 1.165) is 36.3 Å². The van der Waals surface area contributed by atoms with Gasteiger partial charge in [0.25, 0.3) is 0 Å². The molecule has 0 saturated heterocycles. The van der Waals surface area contributed by atoms with E-state index in [4.69, 9.17) is 10.5 Å². The number of H-pyrrole nitrogens is 1. The van der Waals surface area contributed by atoms with Crippen molar-refractivity contribution >= 4 is 22.8 Å². The Kier molecular flexibility index (Phi) is 3.91. The summed E-state index contributed by atoms with van der Waals surface area (Å²) in [7, 11) is 1.69. The molecule has 0 aliphatic heterocycles. The molecule has 0 bridgehead atoms. The van der Waals surface area contributed by atoms with Crippen molar-refractivity contribution in [2.75, 3.05) is 24.7 Å². The molecular weight excluding hydrogens is 316 g/mol. The lowest BCUT2D eigenvalue weighted by Gasteiger charge is -2.30. The van der Waals surface area contributed by atoms with E-state index in [9.17, 15) is 0 Å². The average Bonchev–Trinajstić information content (AvgIpc) is 3.29. The molecule has 1 aliphatic rings. The van der Waals surface area contributed by atoms with E-state index in [1.807, 2.05) is 12.1 Å². The molecule has 0 unspecified atom stereocenters. The molecule has 0 radical (unpaired) electrons. The molecule has 1 saturated carbocycles. The minimum atomic E-state index is 0.0992. The molecule has 1 aliphatic carbocycles. The third-order valence-corrected chi connectivity index (χ3v) is 5.18. The number of anilines is 2.